The summed E-state index contributed by atoms with van der Waals surface area (Å²) in [7, 11) is 0. The molecular weight excluding hydrogens is 198 g/mol. The van der Waals surface area contributed by atoms with E-state index in [9.17, 15) is 0 Å². The smallest absolute Gasteiger partial charge is 0.0502 e. The summed E-state index contributed by atoms with van der Waals surface area (Å²) in [6.07, 6.45) is 7.34. The van der Waals surface area contributed by atoms with E-state index >= 15 is 0 Å². The third-order valence-electron chi connectivity index (χ3n) is 2.49. The van der Waals surface area contributed by atoms with Crippen LogP contribution in [-0.4, -0.2) is 26.3 Å². The second kappa shape index (κ2) is 12.7. The average molecular weight is 227 g/mol. The summed E-state index contributed by atoms with van der Waals surface area (Å²) < 4.78 is 5.51. The monoisotopic (exact) mass is 227 g/mol. The van der Waals surface area contributed by atoms with Crippen LogP contribution in [0.5, 0.6) is 0 Å². The molecule has 16 heavy (non-hydrogen) atoms. The lowest BCUT2D eigenvalue weighted by atomic mass is 10.2. The van der Waals surface area contributed by atoms with Gasteiger partial charge in [0, 0.05) is 6.61 Å². The Labute approximate surface area is 101 Å². The third kappa shape index (κ3) is 13.7. The first-order valence-corrected chi connectivity index (χ1v) is 6.70. The van der Waals surface area contributed by atoms with Crippen LogP contribution in [0.2, 0.25) is 0 Å². The number of nitrogens with one attached hydrogen (secondary N) is 1. The van der Waals surface area contributed by atoms with Crippen molar-refractivity contribution in [3.63, 3.8) is 0 Å². The topological polar surface area (TPSA) is 21.3 Å². The molecule has 0 aromatic rings. The van der Waals surface area contributed by atoms with Crippen molar-refractivity contribution in [2.75, 3.05) is 26.3 Å². The summed E-state index contributed by atoms with van der Waals surface area (Å²) in [5.41, 5.74) is 1.21. The SMILES string of the molecule is C=C(C)CCOCCCCCCNCCC. The highest BCUT2D eigenvalue weighted by Gasteiger charge is 1.92. The molecule has 0 aliphatic rings. The van der Waals surface area contributed by atoms with Crippen LogP contribution >= 0.6 is 0 Å². The van der Waals surface area contributed by atoms with Gasteiger partial charge in [0.15, 0.2) is 0 Å². The molecule has 0 aliphatic carbocycles. The summed E-state index contributed by atoms with van der Waals surface area (Å²) >= 11 is 0. The summed E-state index contributed by atoms with van der Waals surface area (Å²) in [6, 6.07) is 0. The minimum atomic E-state index is 0.841. The predicted molar refractivity (Wildman–Crippen MR) is 71.9 cm³/mol. The van der Waals surface area contributed by atoms with Crippen molar-refractivity contribution in [2.45, 2.75) is 52.4 Å². The van der Waals surface area contributed by atoms with Gasteiger partial charge in [-0.1, -0.05) is 25.3 Å². The summed E-state index contributed by atoms with van der Waals surface area (Å²) in [5.74, 6) is 0. The van der Waals surface area contributed by atoms with Crippen LogP contribution in [0.15, 0.2) is 12.2 Å². The van der Waals surface area contributed by atoms with Gasteiger partial charge in [-0.25, -0.2) is 0 Å². The van der Waals surface area contributed by atoms with Gasteiger partial charge in [-0.15, -0.1) is 6.58 Å². The first-order chi connectivity index (χ1) is 7.77. The van der Waals surface area contributed by atoms with Crippen LogP contribution in [0.1, 0.15) is 52.4 Å². The van der Waals surface area contributed by atoms with Crippen molar-refractivity contribution in [1.29, 1.82) is 0 Å². The highest BCUT2D eigenvalue weighted by Crippen LogP contribution is 2.01. The molecule has 0 atom stereocenters. The van der Waals surface area contributed by atoms with E-state index in [2.05, 4.69) is 18.8 Å². The molecule has 0 aromatic heterocycles. The Morgan fingerprint density at radius 3 is 2.50 bits per heavy atom. The average Bonchev–Trinajstić information content (AvgIpc) is 2.25. The Morgan fingerprint density at radius 2 is 1.81 bits per heavy atom. The van der Waals surface area contributed by atoms with Crippen molar-refractivity contribution in [3.8, 4) is 0 Å². The molecule has 0 unspecified atom stereocenters. The first kappa shape index (κ1) is 15.7. The van der Waals surface area contributed by atoms with E-state index < -0.39 is 0 Å². The Morgan fingerprint density at radius 1 is 1.06 bits per heavy atom. The molecule has 0 amide bonds. The van der Waals surface area contributed by atoms with Crippen molar-refractivity contribution in [3.05, 3.63) is 12.2 Å². The number of unbranched alkanes of at least 4 members (excludes halogenated alkanes) is 3. The minimum absolute atomic E-state index is 0.841. The molecule has 0 rings (SSSR count). The molecule has 0 fully saturated rings. The zero-order chi connectivity index (χ0) is 12.1. The fraction of sp³-hybridized carbons (Fsp3) is 0.857. The Balaban J connectivity index is 2.90. The summed E-state index contributed by atoms with van der Waals surface area (Å²) in [6.45, 7) is 12.2. The molecule has 96 valence electrons. The molecule has 0 saturated heterocycles. The zero-order valence-electron chi connectivity index (χ0n) is 11.2. The van der Waals surface area contributed by atoms with Gasteiger partial charge in [-0.2, -0.15) is 0 Å². The second-order valence-corrected chi connectivity index (χ2v) is 4.48. The van der Waals surface area contributed by atoms with Crippen LogP contribution in [0.4, 0.5) is 0 Å². The van der Waals surface area contributed by atoms with E-state index in [-0.39, 0.29) is 0 Å². The fourth-order valence-corrected chi connectivity index (χ4v) is 1.46. The Bertz CT molecular complexity index is 157. The van der Waals surface area contributed by atoms with Gasteiger partial charge in [0.2, 0.25) is 0 Å². The van der Waals surface area contributed by atoms with Crippen molar-refractivity contribution in [1.82, 2.24) is 5.32 Å². The molecule has 0 saturated carbocycles. The molecule has 0 aliphatic heterocycles. The van der Waals surface area contributed by atoms with Gasteiger partial charge < -0.3 is 10.1 Å². The van der Waals surface area contributed by atoms with Gasteiger partial charge in [-0.05, 0) is 45.7 Å². The highest BCUT2D eigenvalue weighted by atomic mass is 16.5. The second-order valence-electron chi connectivity index (χ2n) is 4.48. The van der Waals surface area contributed by atoms with Crippen molar-refractivity contribution in [2.24, 2.45) is 0 Å². The standard InChI is InChI=1S/C14H29NO/c1-4-10-15-11-7-5-6-8-12-16-13-9-14(2)3/h15H,2,4-13H2,1,3H3. The quantitative estimate of drug-likeness (QED) is 0.407. The largest absolute Gasteiger partial charge is 0.381 e. The van der Waals surface area contributed by atoms with Crippen LogP contribution in [0.25, 0.3) is 0 Å². The number of ether oxygens (including phenoxy) is 1. The van der Waals surface area contributed by atoms with Gasteiger partial charge in [0.25, 0.3) is 0 Å². The maximum atomic E-state index is 5.51. The molecule has 0 bridgehead atoms. The molecule has 1 N–H and O–H groups in total. The normalized spacial score (nSPS) is 10.6. The highest BCUT2D eigenvalue weighted by molar-refractivity contribution is 4.86. The number of hydrogen-bond donors (Lipinski definition) is 1. The number of hydrogen-bond acceptors (Lipinski definition) is 2. The minimum Gasteiger partial charge on any atom is -0.381 e. The van der Waals surface area contributed by atoms with Gasteiger partial charge in [0.05, 0.1) is 6.61 Å². The van der Waals surface area contributed by atoms with E-state index in [1.54, 1.807) is 0 Å². The molecule has 0 spiro atoms. The van der Waals surface area contributed by atoms with Gasteiger partial charge in [-0.3, -0.25) is 0 Å². The maximum Gasteiger partial charge on any atom is 0.0502 e. The molecule has 2 nitrogen and oxygen atoms in total. The fourth-order valence-electron chi connectivity index (χ4n) is 1.46. The molecular formula is C14H29NO. The Hall–Kier alpha value is -0.340. The van der Waals surface area contributed by atoms with Crippen molar-refractivity contribution < 1.29 is 4.74 Å². The third-order valence-corrected chi connectivity index (χ3v) is 2.49. The van der Waals surface area contributed by atoms with Crippen LogP contribution < -0.4 is 5.32 Å². The molecule has 2 heteroatoms. The molecule has 0 radical (unpaired) electrons. The van der Waals surface area contributed by atoms with Crippen LogP contribution in [0.3, 0.4) is 0 Å². The lowest BCUT2D eigenvalue weighted by Crippen LogP contribution is -2.15. The lowest BCUT2D eigenvalue weighted by molar-refractivity contribution is 0.133. The predicted octanol–water partition coefficient (Wildman–Crippen LogP) is 3.53. The van der Waals surface area contributed by atoms with Gasteiger partial charge >= 0.3 is 0 Å². The zero-order valence-corrected chi connectivity index (χ0v) is 11.2. The van der Waals surface area contributed by atoms with E-state index in [1.165, 1.54) is 44.2 Å². The van der Waals surface area contributed by atoms with Crippen LogP contribution in [0, 0.1) is 0 Å². The van der Waals surface area contributed by atoms with E-state index in [0.29, 0.717) is 0 Å². The van der Waals surface area contributed by atoms with E-state index in [1.807, 2.05) is 6.92 Å². The van der Waals surface area contributed by atoms with Gasteiger partial charge in [0.1, 0.15) is 0 Å². The first-order valence-electron chi connectivity index (χ1n) is 6.70. The summed E-state index contributed by atoms with van der Waals surface area (Å²) in [5, 5.41) is 3.42. The molecule has 0 heterocycles. The summed E-state index contributed by atoms with van der Waals surface area (Å²) in [4.78, 5) is 0. The maximum absolute atomic E-state index is 5.51. The van der Waals surface area contributed by atoms with E-state index in [0.717, 1.165) is 26.2 Å². The van der Waals surface area contributed by atoms with Crippen molar-refractivity contribution >= 4 is 0 Å². The molecule has 0 aromatic carbocycles. The lowest BCUT2D eigenvalue weighted by Gasteiger charge is -2.05. The Kier molecular flexibility index (Phi) is 12.5. The van der Waals surface area contributed by atoms with E-state index in [4.69, 9.17) is 4.74 Å². The number of rotatable bonds is 12. The van der Waals surface area contributed by atoms with Crippen LogP contribution in [-0.2, 0) is 4.74 Å².